The number of hydrogen-bond donors (Lipinski definition) is 3. The van der Waals surface area contributed by atoms with E-state index in [9.17, 15) is 22.8 Å². The number of carbonyl (C=O) groups is 3. The van der Waals surface area contributed by atoms with Crippen LogP contribution in [0.25, 0.3) is 10.2 Å². The highest BCUT2D eigenvalue weighted by Crippen LogP contribution is 2.46. The molecule has 4 aromatic rings. The monoisotopic (exact) mass is 658 g/mol. The number of sulfonamides is 1. The van der Waals surface area contributed by atoms with Gasteiger partial charge in [0.25, 0.3) is 5.91 Å². The van der Waals surface area contributed by atoms with Crippen LogP contribution in [0.2, 0.25) is 0 Å². The molecule has 2 aromatic carbocycles. The van der Waals surface area contributed by atoms with Gasteiger partial charge in [0, 0.05) is 31.1 Å². The number of carbonyl (C=O) groups excluding carboxylic acids is 3. The summed E-state index contributed by atoms with van der Waals surface area (Å²) >= 11 is 1.17. The molecule has 0 fully saturated rings. The Morgan fingerprint density at radius 3 is 2.67 bits per heavy atom. The van der Waals surface area contributed by atoms with Crippen molar-refractivity contribution in [3.05, 3.63) is 95.2 Å². The lowest BCUT2D eigenvalue weighted by Gasteiger charge is -2.30. The summed E-state index contributed by atoms with van der Waals surface area (Å²) in [6.07, 6.45) is 7.78. The Labute approximate surface area is 269 Å². The molecule has 2 aromatic heterocycles. The zero-order chi connectivity index (χ0) is 32.4. The van der Waals surface area contributed by atoms with Crippen LogP contribution in [0.1, 0.15) is 21.7 Å². The number of para-hydroxylation sites is 1. The number of ether oxygens (including phenoxy) is 1. The molecular formula is C32H30N6O6S2. The zero-order valence-corrected chi connectivity index (χ0v) is 26.6. The third-order valence-electron chi connectivity index (χ3n) is 7.30. The van der Waals surface area contributed by atoms with Crippen LogP contribution in [0.15, 0.2) is 84.7 Å². The molecular weight excluding hydrogens is 629 g/mol. The highest BCUT2D eigenvalue weighted by atomic mass is 32.2. The number of thiophene rings is 1. The number of amides is 4. The summed E-state index contributed by atoms with van der Waals surface area (Å²) in [6, 6.07) is 16.2. The first-order chi connectivity index (χ1) is 22.1. The fourth-order valence-corrected chi connectivity index (χ4v) is 6.65. The fraction of sp³-hybridized carbons (Fsp3) is 0.188. The smallest absolute Gasteiger partial charge is 0.331 e. The van der Waals surface area contributed by atoms with Gasteiger partial charge in [0.05, 0.1) is 35.2 Å². The van der Waals surface area contributed by atoms with Gasteiger partial charge in [0.2, 0.25) is 15.9 Å². The van der Waals surface area contributed by atoms with Crippen molar-refractivity contribution < 1.29 is 27.5 Å². The lowest BCUT2D eigenvalue weighted by atomic mass is 10.1. The van der Waals surface area contributed by atoms with Crippen LogP contribution in [0, 0.1) is 6.92 Å². The average Bonchev–Trinajstić information content (AvgIpc) is 3.39. The van der Waals surface area contributed by atoms with E-state index < -0.39 is 22.0 Å². The van der Waals surface area contributed by atoms with E-state index in [0.717, 1.165) is 11.8 Å². The van der Waals surface area contributed by atoms with Gasteiger partial charge in [-0.3, -0.25) is 14.5 Å². The number of benzene rings is 2. The number of pyridine rings is 1. The maximum absolute atomic E-state index is 13.6. The average molecular weight is 659 g/mol. The highest BCUT2D eigenvalue weighted by Gasteiger charge is 2.33. The molecule has 12 nitrogen and oxygen atoms in total. The maximum Gasteiger partial charge on any atom is 0.331 e. The second kappa shape index (κ2) is 12.7. The van der Waals surface area contributed by atoms with Crippen LogP contribution in [0.4, 0.5) is 21.9 Å². The van der Waals surface area contributed by atoms with Crippen LogP contribution in [-0.2, 0) is 14.8 Å². The number of aromatic nitrogens is 1. The normalized spacial score (nSPS) is 14.7. The first-order valence-electron chi connectivity index (χ1n) is 14.3. The van der Waals surface area contributed by atoms with Gasteiger partial charge in [0.1, 0.15) is 21.2 Å². The predicted octanol–water partition coefficient (Wildman–Crippen LogP) is 5.03. The number of anilines is 3. The molecule has 3 N–H and O–H groups in total. The quantitative estimate of drug-likeness (QED) is 0.214. The minimum atomic E-state index is -3.36. The summed E-state index contributed by atoms with van der Waals surface area (Å²) in [5.41, 5.74) is 3.00. The van der Waals surface area contributed by atoms with Crippen LogP contribution in [0.3, 0.4) is 0 Å². The molecule has 236 valence electrons. The van der Waals surface area contributed by atoms with Crippen molar-refractivity contribution in [3.63, 3.8) is 0 Å². The second-order valence-corrected chi connectivity index (χ2v) is 13.5. The van der Waals surface area contributed by atoms with Crippen molar-refractivity contribution in [3.8, 4) is 11.5 Å². The molecule has 46 heavy (non-hydrogen) atoms. The topological polar surface area (TPSA) is 150 Å². The fourth-order valence-electron chi connectivity index (χ4n) is 5.24. The SMILES string of the molecule is Cc1cc(Oc2ccccc2)ccc1N1C(=O)Nc2c(C(=O)NC3=CCCN(C(=O)/C=C/CNS(C)(=O)=O)C3)sc3nccc1c23. The lowest BCUT2D eigenvalue weighted by molar-refractivity contribution is -0.125. The minimum absolute atomic E-state index is 0.000710. The number of rotatable bonds is 9. The Balaban J connectivity index is 1.20. The molecule has 0 radical (unpaired) electrons. The van der Waals surface area contributed by atoms with Gasteiger partial charge in [0.15, 0.2) is 0 Å². The molecule has 0 saturated carbocycles. The van der Waals surface area contributed by atoms with Crippen molar-refractivity contribution in [2.75, 3.05) is 36.1 Å². The molecule has 4 amide bonds. The minimum Gasteiger partial charge on any atom is -0.457 e. The van der Waals surface area contributed by atoms with Crippen molar-refractivity contribution in [1.82, 2.24) is 19.9 Å². The summed E-state index contributed by atoms with van der Waals surface area (Å²) in [7, 11) is -3.36. The Hall–Kier alpha value is -5.05. The van der Waals surface area contributed by atoms with Crippen LogP contribution in [-0.4, -0.2) is 62.0 Å². The lowest BCUT2D eigenvalue weighted by Crippen LogP contribution is -2.40. The van der Waals surface area contributed by atoms with Crippen molar-refractivity contribution in [1.29, 1.82) is 0 Å². The summed E-state index contributed by atoms with van der Waals surface area (Å²) < 4.78 is 30.7. The van der Waals surface area contributed by atoms with Gasteiger partial charge in [-0.05, 0) is 55.3 Å². The number of hydrogen-bond acceptors (Lipinski definition) is 8. The van der Waals surface area contributed by atoms with Crippen LogP contribution >= 0.6 is 11.3 Å². The van der Waals surface area contributed by atoms with E-state index in [1.165, 1.54) is 23.5 Å². The summed E-state index contributed by atoms with van der Waals surface area (Å²) in [5, 5.41) is 6.46. The second-order valence-electron chi connectivity index (χ2n) is 10.7. The van der Waals surface area contributed by atoms with E-state index in [1.807, 2.05) is 55.5 Å². The van der Waals surface area contributed by atoms with E-state index in [0.29, 0.717) is 62.3 Å². The molecule has 6 rings (SSSR count). The summed E-state index contributed by atoms with van der Waals surface area (Å²) in [5.74, 6) is 0.611. The maximum atomic E-state index is 13.6. The molecule has 2 aliphatic rings. The Kier molecular flexibility index (Phi) is 8.58. The standard InChI is InChI=1S/C32H30N6O6S2/c1-20-18-23(44-22-9-4-3-5-10-22)12-13-24(20)38-25-14-16-33-31-27(25)28(36-32(38)41)29(45-31)30(40)35-21-8-7-17-37(19-21)26(39)11-6-15-34-46(2,42)43/h3-6,8-14,16,18,34H,7,15,17,19H2,1-2H3,(H,35,40)(H,36,41)/b11-6+. The van der Waals surface area contributed by atoms with Crippen LogP contribution < -0.4 is 25.0 Å². The summed E-state index contributed by atoms with van der Waals surface area (Å²) in [6.45, 7) is 2.52. The molecule has 2 aliphatic heterocycles. The Bertz CT molecular complexity index is 2020. The molecule has 4 heterocycles. The van der Waals surface area contributed by atoms with Gasteiger partial charge in [-0.25, -0.2) is 22.9 Å². The Morgan fingerprint density at radius 1 is 1.11 bits per heavy atom. The third kappa shape index (κ3) is 6.63. The molecule has 0 atom stereocenters. The zero-order valence-electron chi connectivity index (χ0n) is 24.9. The highest BCUT2D eigenvalue weighted by molar-refractivity contribution is 7.88. The largest absolute Gasteiger partial charge is 0.457 e. The predicted molar refractivity (Wildman–Crippen MR) is 177 cm³/mol. The number of nitrogens with one attached hydrogen (secondary N) is 3. The number of aryl methyl sites for hydroxylation is 1. The molecule has 0 aliphatic carbocycles. The van der Waals surface area contributed by atoms with Crippen molar-refractivity contribution >= 4 is 66.5 Å². The number of urea groups is 1. The van der Waals surface area contributed by atoms with E-state index in [4.69, 9.17) is 4.74 Å². The molecule has 14 heteroatoms. The first kappa shape index (κ1) is 31.0. The van der Waals surface area contributed by atoms with Gasteiger partial charge in [-0.1, -0.05) is 30.4 Å². The van der Waals surface area contributed by atoms with Gasteiger partial charge in [-0.2, -0.15) is 0 Å². The number of nitrogens with zero attached hydrogens (tertiary/aromatic N) is 3. The van der Waals surface area contributed by atoms with E-state index in [1.54, 1.807) is 28.1 Å². The van der Waals surface area contributed by atoms with E-state index >= 15 is 0 Å². The summed E-state index contributed by atoms with van der Waals surface area (Å²) in [4.78, 5) is 48.3. The third-order valence-corrected chi connectivity index (χ3v) is 9.09. The van der Waals surface area contributed by atoms with Crippen LogP contribution in [0.5, 0.6) is 11.5 Å². The van der Waals surface area contributed by atoms with Gasteiger partial charge >= 0.3 is 6.03 Å². The van der Waals surface area contributed by atoms with Gasteiger partial charge in [-0.15, -0.1) is 11.3 Å². The molecule has 0 unspecified atom stereocenters. The van der Waals surface area contributed by atoms with E-state index in [2.05, 4.69) is 20.3 Å². The Morgan fingerprint density at radius 2 is 1.91 bits per heavy atom. The van der Waals surface area contributed by atoms with Crippen molar-refractivity contribution in [2.24, 2.45) is 0 Å². The molecule has 0 bridgehead atoms. The van der Waals surface area contributed by atoms with E-state index in [-0.39, 0.29) is 19.0 Å². The first-order valence-corrected chi connectivity index (χ1v) is 17.0. The van der Waals surface area contributed by atoms with Crippen molar-refractivity contribution in [2.45, 2.75) is 13.3 Å². The molecule has 0 spiro atoms. The van der Waals surface area contributed by atoms with Gasteiger partial charge < -0.3 is 20.3 Å². The molecule has 0 saturated heterocycles.